The zero-order valence-electron chi connectivity index (χ0n) is 10.2. The number of hydrogen-bond donors (Lipinski definition) is 2. The second kappa shape index (κ2) is 5.62. The van der Waals surface area contributed by atoms with E-state index in [1.54, 1.807) is 23.6 Å². The molecule has 0 aliphatic rings. The van der Waals surface area contributed by atoms with E-state index in [2.05, 4.69) is 20.7 Å². The van der Waals surface area contributed by atoms with Crippen molar-refractivity contribution in [1.29, 1.82) is 0 Å². The first-order chi connectivity index (χ1) is 8.95. The van der Waals surface area contributed by atoms with Gasteiger partial charge in [0.05, 0.1) is 5.69 Å². The van der Waals surface area contributed by atoms with Crippen LogP contribution < -0.4 is 10.5 Å². The molecule has 102 valence electrons. The normalized spacial score (nSPS) is 11.5. The zero-order valence-corrected chi connectivity index (χ0v) is 13.4. The second-order valence-corrected chi connectivity index (χ2v) is 7.44. The van der Waals surface area contributed by atoms with E-state index in [0.717, 1.165) is 10.0 Å². The molecular formula is C12H13BrN2O2S2. The number of nitrogens with two attached hydrogens (primary N) is 1. The summed E-state index contributed by atoms with van der Waals surface area (Å²) in [4.78, 5) is 0.902. The van der Waals surface area contributed by atoms with Crippen molar-refractivity contribution >= 4 is 43.0 Å². The molecule has 0 aliphatic heterocycles. The number of halogens is 1. The Labute approximate surface area is 124 Å². The third kappa shape index (κ3) is 3.00. The molecule has 2 rings (SSSR count). The Balaban J connectivity index is 2.40. The summed E-state index contributed by atoms with van der Waals surface area (Å²) in [6.45, 7) is 2.06. The number of anilines is 1. The molecule has 0 aliphatic carbocycles. The van der Waals surface area contributed by atoms with Crippen molar-refractivity contribution < 1.29 is 8.42 Å². The molecule has 1 aromatic carbocycles. The summed E-state index contributed by atoms with van der Waals surface area (Å²) in [5.74, 6) is 0. The molecule has 2 aromatic rings. The van der Waals surface area contributed by atoms with Gasteiger partial charge in [0.25, 0.3) is 10.0 Å². The summed E-state index contributed by atoms with van der Waals surface area (Å²) >= 11 is 4.72. The van der Waals surface area contributed by atoms with Crippen LogP contribution in [-0.4, -0.2) is 8.42 Å². The average molecular weight is 361 g/mol. The summed E-state index contributed by atoms with van der Waals surface area (Å²) in [7, 11) is -3.59. The maximum absolute atomic E-state index is 12.3. The van der Waals surface area contributed by atoms with Crippen LogP contribution in [0.4, 0.5) is 5.69 Å². The number of thiophene rings is 1. The molecule has 4 nitrogen and oxygen atoms in total. The Bertz CT molecular complexity index is 696. The molecule has 0 spiro atoms. The van der Waals surface area contributed by atoms with E-state index in [0.29, 0.717) is 10.6 Å². The molecule has 0 fully saturated rings. The Kier molecular flexibility index (Phi) is 4.29. The van der Waals surface area contributed by atoms with Gasteiger partial charge >= 0.3 is 0 Å². The number of hydrogen-bond acceptors (Lipinski definition) is 4. The van der Waals surface area contributed by atoms with Crippen molar-refractivity contribution in [3.05, 3.63) is 44.6 Å². The lowest BCUT2D eigenvalue weighted by Gasteiger charge is -2.11. The lowest BCUT2D eigenvalue weighted by molar-refractivity contribution is 0.600. The van der Waals surface area contributed by atoms with Crippen LogP contribution in [0.2, 0.25) is 0 Å². The van der Waals surface area contributed by atoms with Gasteiger partial charge in [-0.3, -0.25) is 4.72 Å². The average Bonchev–Trinajstić information content (AvgIpc) is 2.84. The molecule has 0 saturated carbocycles. The molecule has 7 heteroatoms. The van der Waals surface area contributed by atoms with Crippen LogP contribution in [0, 0.1) is 6.92 Å². The Morgan fingerprint density at radius 2 is 2.11 bits per heavy atom. The van der Waals surface area contributed by atoms with Crippen LogP contribution in [0.25, 0.3) is 0 Å². The van der Waals surface area contributed by atoms with Crippen LogP contribution in [0.15, 0.2) is 39.0 Å². The Morgan fingerprint density at radius 1 is 1.37 bits per heavy atom. The second-order valence-electron chi connectivity index (χ2n) is 3.93. The standard InChI is InChI=1S/C12H13BrN2O2S2/c1-8-9(13)3-2-4-10(8)15-19(16,17)12-5-6-18-11(12)7-14/h2-6,15H,7,14H2,1H3. The summed E-state index contributed by atoms with van der Waals surface area (Å²) in [6.07, 6.45) is 0. The Hall–Kier alpha value is -0.890. The van der Waals surface area contributed by atoms with Crippen LogP contribution in [0.3, 0.4) is 0 Å². The quantitative estimate of drug-likeness (QED) is 0.879. The van der Waals surface area contributed by atoms with Gasteiger partial charge in [-0.05, 0) is 36.1 Å². The number of benzene rings is 1. The minimum Gasteiger partial charge on any atom is -0.326 e. The van der Waals surface area contributed by atoms with Crippen LogP contribution >= 0.6 is 27.3 Å². The molecule has 0 unspecified atom stereocenters. The fraction of sp³-hybridized carbons (Fsp3) is 0.167. The predicted molar refractivity (Wildman–Crippen MR) is 81.9 cm³/mol. The van der Waals surface area contributed by atoms with Gasteiger partial charge in [0.2, 0.25) is 0 Å². The van der Waals surface area contributed by atoms with E-state index in [4.69, 9.17) is 5.73 Å². The maximum atomic E-state index is 12.3. The molecule has 1 aromatic heterocycles. The van der Waals surface area contributed by atoms with Gasteiger partial charge in [-0.25, -0.2) is 8.42 Å². The van der Waals surface area contributed by atoms with Crippen LogP contribution in [0.5, 0.6) is 0 Å². The van der Waals surface area contributed by atoms with Crippen molar-refractivity contribution in [2.45, 2.75) is 18.4 Å². The van der Waals surface area contributed by atoms with E-state index in [9.17, 15) is 8.42 Å². The highest BCUT2D eigenvalue weighted by atomic mass is 79.9. The largest absolute Gasteiger partial charge is 0.326 e. The van der Waals surface area contributed by atoms with Gasteiger partial charge < -0.3 is 5.73 Å². The molecule has 3 N–H and O–H groups in total. The monoisotopic (exact) mass is 360 g/mol. The highest BCUT2D eigenvalue weighted by Gasteiger charge is 2.20. The summed E-state index contributed by atoms with van der Waals surface area (Å²) in [5, 5.41) is 1.73. The van der Waals surface area contributed by atoms with Crippen LogP contribution in [0.1, 0.15) is 10.4 Å². The first kappa shape index (κ1) is 14.5. The lowest BCUT2D eigenvalue weighted by atomic mass is 10.2. The first-order valence-corrected chi connectivity index (χ1v) is 8.65. The van der Waals surface area contributed by atoms with Crippen molar-refractivity contribution in [3.63, 3.8) is 0 Å². The summed E-state index contributed by atoms with van der Waals surface area (Å²) in [6, 6.07) is 6.95. The van der Waals surface area contributed by atoms with Crippen molar-refractivity contribution in [2.24, 2.45) is 5.73 Å². The molecule has 0 saturated heterocycles. The summed E-state index contributed by atoms with van der Waals surface area (Å²) in [5.41, 5.74) is 6.95. The molecule has 0 bridgehead atoms. The van der Waals surface area contributed by atoms with E-state index < -0.39 is 10.0 Å². The molecule has 19 heavy (non-hydrogen) atoms. The van der Waals surface area contributed by atoms with Gasteiger partial charge in [-0.15, -0.1) is 11.3 Å². The number of sulfonamides is 1. The number of rotatable bonds is 4. The van der Waals surface area contributed by atoms with Gasteiger partial charge in [-0.1, -0.05) is 22.0 Å². The highest BCUT2D eigenvalue weighted by Crippen LogP contribution is 2.28. The van der Waals surface area contributed by atoms with Crippen molar-refractivity contribution in [2.75, 3.05) is 4.72 Å². The fourth-order valence-electron chi connectivity index (χ4n) is 1.63. The minimum atomic E-state index is -3.59. The van der Waals surface area contributed by atoms with Crippen LogP contribution in [-0.2, 0) is 16.6 Å². The fourth-order valence-corrected chi connectivity index (χ4v) is 4.46. The third-order valence-corrected chi connectivity index (χ3v) is 6.07. The van der Waals surface area contributed by atoms with E-state index in [1.165, 1.54) is 11.3 Å². The van der Waals surface area contributed by atoms with E-state index in [-0.39, 0.29) is 11.4 Å². The Morgan fingerprint density at radius 3 is 2.79 bits per heavy atom. The van der Waals surface area contributed by atoms with E-state index in [1.807, 2.05) is 13.0 Å². The number of nitrogens with one attached hydrogen (secondary N) is 1. The maximum Gasteiger partial charge on any atom is 0.263 e. The SMILES string of the molecule is Cc1c(Br)cccc1NS(=O)(=O)c1ccsc1CN. The smallest absolute Gasteiger partial charge is 0.263 e. The molecule has 0 atom stereocenters. The molecular weight excluding hydrogens is 348 g/mol. The predicted octanol–water partition coefficient (Wildman–Crippen LogP) is 3.08. The van der Waals surface area contributed by atoms with Gasteiger partial charge in [0.1, 0.15) is 4.90 Å². The van der Waals surface area contributed by atoms with Gasteiger partial charge in [0, 0.05) is 15.9 Å². The molecule has 0 radical (unpaired) electrons. The zero-order chi connectivity index (χ0) is 14.0. The lowest BCUT2D eigenvalue weighted by Crippen LogP contribution is -2.15. The third-order valence-electron chi connectivity index (χ3n) is 2.69. The highest BCUT2D eigenvalue weighted by molar-refractivity contribution is 9.10. The topological polar surface area (TPSA) is 72.2 Å². The van der Waals surface area contributed by atoms with Gasteiger partial charge in [0.15, 0.2) is 0 Å². The molecule has 0 amide bonds. The molecule has 1 heterocycles. The van der Waals surface area contributed by atoms with Crippen molar-refractivity contribution in [1.82, 2.24) is 0 Å². The summed E-state index contributed by atoms with van der Waals surface area (Å²) < 4.78 is 28.1. The first-order valence-electron chi connectivity index (χ1n) is 5.50. The van der Waals surface area contributed by atoms with Crippen molar-refractivity contribution in [3.8, 4) is 0 Å². The minimum absolute atomic E-state index is 0.214. The van der Waals surface area contributed by atoms with Gasteiger partial charge in [-0.2, -0.15) is 0 Å². The van der Waals surface area contributed by atoms with E-state index >= 15 is 0 Å².